The highest BCUT2D eigenvalue weighted by Crippen LogP contribution is 2.72. The second-order valence-corrected chi connectivity index (χ2v) is 16.1. The number of fused-ring (bicyclic) bond motifs is 3. The van der Waals surface area contributed by atoms with E-state index in [0.717, 1.165) is 62.5 Å². The van der Waals surface area contributed by atoms with Crippen LogP contribution in [0.1, 0.15) is 76.7 Å². The number of aliphatic carboxylic acids is 2. The molecule has 1 spiro atoms. The second kappa shape index (κ2) is 14.3. The Labute approximate surface area is 299 Å². The lowest BCUT2D eigenvalue weighted by atomic mass is 9.50. The number of carboxylic acids is 2. The number of thioether (sulfide) groups is 1. The monoisotopic (exact) mass is 726 g/mol. The average molecular weight is 727 g/mol. The molecule has 8 N–H and O–H groups in total. The fourth-order valence-corrected chi connectivity index (χ4v) is 11.6. The maximum absolute atomic E-state index is 13.8. The van der Waals surface area contributed by atoms with E-state index in [9.17, 15) is 39.3 Å². The highest BCUT2D eigenvalue weighted by molar-refractivity contribution is 8.01. The van der Waals surface area contributed by atoms with Gasteiger partial charge in [0.05, 0.1) is 4.75 Å². The van der Waals surface area contributed by atoms with Gasteiger partial charge in [0, 0.05) is 31.0 Å². The van der Waals surface area contributed by atoms with Gasteiger partial charge in [-0.1, -0.05) is 31.4 Å². The van der Waals surface area contributed by atoms with Crippen LogP contribution in [-0.4, -0.2) is 83.6 Å². The topological polar surface area (TPSA) is 238 Å². The summed E-state index contributed by atoms with van der Waals surface area (Å²) in [6, 6.07) is 2.58. The molecule has 5 aliphatic rings. The predicted molar refractivity (Wildman–Crippen MR) is 183 cm³/mol. The number of pyridine rings is 1. The number of hydrogen-bond donors (Lipinski definition) is 7. The summed E-state index contributed by atoms with van der Waals surface area (Å²) < 4.78 is 5.70. The number of aliphatic hydroxyl groups excluding tert-OH is 1. The molecule has 0 bridgehead atoms. The summed E-state index contributed by atoms with van der Waals surface area (Å²) in [5.74, 6) is -4.93. The summed E-state index contributed by atoms with van der Waals surface area (Å²) >= 11 is 1.46. The number of nitrogens with two attached hydrogens (primary N) is 1. The molecule has 2 heterocycles. The zero-order valence-corrected chi connectivity index (χ0v) is 29.3. The van der Waals surface area contributed by atoms with Crippen LogP contribution in [0.15, 0.2) is 47.5 Å². The molecule has 276 valence electrons. The standard InChI is InChI=1S/C36H46N4O10S/c1-19-4-5-23-17-22-15-21(14-20-7-12-38-13-8-20)16-24-27(22)28(50-32(24)46)36(23,34(19)9-2-3-10-34)51-18-25(29(42)40-30(43)31(44)45)39-26(41)6-11-35(37,49)33(47)48/h7-8,12-13,16,19,22-25,30,43,49H,2-6,9-11,14-15,17-18,37H2,1H3,(H,39,41)(H,40,42)(H,44,45)(H,47,48). The van der Waals surface area contributed by atoms with Crippen LogP contribution in [0.25, 0.3) is 0 Å². The highest BCUT2D eigenvalue weighted by atomic mass is 32.2. The van der Waals surface area contributed by atoms with E-state index in [1.807, 2.05) is 23.5 Å². The predicted octanol–water partition coefficient (Wildman–Crippen LogP) is 2.00. The van der Waals surface area contributed by atoms with E-state index >= 15 is 0 Å². The van der Waals surface area contributed by atoms with Crippen molar-refractivity contribution in [1.29, 1.82) is 0 Å². The first-order chi connectivity index (χ1) is 24.2. The lowest BCUT2D eigenvalue weighted by molar-refractivity contribution is -0.159. The Hall–Kier alpha value is -3.79. The molecular weight excluding hydrogens is 680 g/mol. The molecule has 51 heavy (non-hydrogen) atoms. The zero-order valence-electron chi connectivity index (χ0n) is 28.5. The van der Waals surface area contributed by atoms with E-state index in [4.69, 9.17) is 15.6 Å². The third-order valence-electron chi connectivity index (χ3n) is 11.9. The van der Waals surface area contributed by atoms with Gasteiger partial charge < -0.3 is 35.8 Å². The summed E-state index contributed by atoms with van der Waals surface area (Å²) in [7, 11) is 0. The average Bonchev–Trinajstić information content (AvgIpc) is 3.72. The number of esters is 1. The first kappa shape index (κ1) is 37.0. The Kier molecular flexibility index (Phi) is 10.4. The van der Waals surface area contributed by atoms with Crippen LogP contribution >= 0.6 is 11.8 Å². The van der Waals surface area contributed by atoms with Gasteiger partial charge in [0.25, 0.3) is 0 Å². The van der Waals surface area contributed by atoms with Crippen molar-refractivity contribution in [3.05, 3.63) is 53.1 Å². The minimum absolute atomic E-state index is 0.0620. The van der Waals surface area contributed by atoms with Crippen molar-refractivity contribution in [3.8, 4) is 0 Å². The smallest absolute Gasteiger partial charge is 0.353 e. The fraction of sp³-hybridized carbons (Fsp3) is 0.611. The first-order valence-corrected chi connectivity index (χ1v) is 18.6. The van der Waals surface area contributed by atoms with E-state index in [0.29, 0.717) is 12.2 Å². The van der Waals surface area contributed by atoms with Crippen molar-refractivity contribution in [2.45, 2.75) is 100 Å². The van der Waals surface area contributed by atoms with Gasteiger partial charge in [-0.15, -0.1) is 11.8 Å². The molecule has 8 unspecified atom stereocenters. The summed E-state index contributed by atoms with van der Waals surface area (Å²) in [5, 5.41) is 42.9. The van der Waals surface area contributed by atoms with Gasteiger partial charge in [0.15, 0.2) is 0 Å². The van der Waals surface area contributed by atoms with Crippen LogP contribution < -0.4 is 16.4 Å². The Morgan fingerprint density at radius 2 is 1.84 bits per heavy atom. The molecule has 8 atom stereocenters. The molecule has 4 aliphatic carbocycles. The molecule has 1 aromatic rings. The number of allylic oxidation sites excluding steroid dienone is 1. The molecule has 2 fully saturated rings. The van der Waals surface area contributed by atoms with Gasteiger partial charge in [-0.25, -0.2) is 9.59 Å². The molecule has 1 aliphatic heterocycles. The molecule has 2 amide bonds. The molecule has 2 saturated carbocycles. The van der Waals surface area contributed by atoms with Gasteiger partial charge in [-0.3, -0.25) is 25.1 Å². The van der Waals surface area contributed by atoms with Gasteiger partial charge >= 0.3 is 17.9 Å². The van der Waals surface area contributed by atoms with E-state index in [-0.39, 0.29) is 34.9 Å². The summed E-state index contributed by atoms with van der Waals surface area (Å²) in [6.07, 6.45) is 10.1. The minimum atomic E-state index is -2.68. The number of aliphatic hydroxyl groups is 2. The van der Waals surface area contributed by atoms with Gasteiger partial charge in [0.1, 0.15) is 17.7 Å². The van der Waals surface area contributed by atoms with Crippen LogP contribution in [0.4, 0.5) is 0 Å². The van der Waals surface area contributed by atoms with E-state index in [1.165, 1.54) is 17.3 Å². The number of carbonyl (C=O) groups excluding carboxylic acids is 3. The number of amides is 2. The van der Waals surface area contributed by atoms with E-state index < -0.39 is 65.3 Å². The van der Waals surface area contributed by atoms with Crippen LogP contribution in [0, 0.1) is 29.1 Å². The van der Waals surface area contributed by atoms with Crippen LogP contribution in [0.2, 0.25) is 0 Å². The van der Waals surface area contributed by atoms with E-state index in [1.54, 1.807) is 12.4 Å². The largest absolute Gasteiger partial charge is 0.478 e. The fourth-order valence-electron chi connectivity index (χ4n) is 9.52. The van der Waals surface area contributed by atoms with Crippen molar-refractivity contribution < 1.29 is 49.1 Å². The highest BCUT2D eigenvalue weighted by Gasteiger charge is 2.68. The number of aromatic nitrogens is 1. The van der Waals surface area contributed by atoms with Crippen molar-refractivity contribution in [2.24, 2.45) is 34.8 Å². The van der Waals surface area contributed by atoms with Crippen LogP contribution in [0.3, 0.4) is 0 Å². The number of ether oxygens (including phenoxy) is 1. The first-order valence-electron chi connectivity index (χ1n) is 17.6. The number of nitrogens with zero attached hydrogens (tertiary/aromatic N) is 1. The normalized spacial score (nSPS) is 29.9. The number of carboxylic acid groups (broad SMARTS) is 2. The molecule has 14 nitrogen and oxygen atoms in total. The molecule has 6 rings (SSSR count). The third kappa shape index (κ3) is 6.80. The lowest BCUT2D eigenvalue weighted by Crippen LogP contribution is -2.61. The zero-order chi connectivity index (χ0) is 36.7. The Morgan fingerprint density at radius 1 is 1.14 bits per heavy atom. The van der Waals surface area contributed by atoms with Crippen molar-refractivity contribution in [2.75, 3.05) is 5.75 Å². The second-order valence-electron chi connectivity index (χ2n) is 14.9. The molecule has 1 aromatic heterocycles. The maximum atomic E-state index is 13.8. The lowest BCUT2D eigenvalue weighted by Gasteiger charge is -2.61. The molecule has 0 saturated heterocycles. The number of rotatable bonds is 13. The third-order valence-corrected chi connectivity index (χ3v) is 13.8. The summed E-state index contributed by atoms with van der Waals surface area (Å²) in [5.41, 5.74) is 5.75. The van der Waals surface area contributed by atoms with Gasteiger partial charge in [-0.2, -0.15) is 0 Å². The molecule has 15 heteroatoms. The van der Waals surface area contributed by atoms with Crippen LogP contribution in [-0.2, 0) is 35.1 Å². The van der Waals surface area contributed by atoms with Gasteiger partial charge in [-0.05, 0) is 91.4 Å². The number of carbonyl (C=O) groups is 5. The SMILES string of the molecule is CC1CCC2CC3CC(Cc4ccncc4)=CC4C(=O)OC(=C34)C2(SCC(NC(=O)CCC(N)(O)C(=O)O)C(=O)NC(O)C(=O)O)C12CCCC2. The van der Waals surface area contributed by atoms with Crippen molar-refractivity contribution in [1.82, 2.24) is 15.6 Å². The summed E-state index contributed by atoms with van der Waals surface area (Å²) in [6.45, 7) is 2.24. The van der Waals surface area contributed by atoms with Crippen molar-refractivity contribution in [3.63, 3.8) is 0 Å². The van der Waals surface area contributed by atoms with Gasteiger partial charge in [0.2, 0.25) is 23.8 Å². The molecule has 0 aromatic carbocycles. The maximum Gasteiger partial charge on any atom is 0.353 e. The summed E-state index contributed by atoms with van der Waals surface area (Å²) in [4.78, 5) is 67.2. The van der Waals surface area contributed by atoms with Crippen molar-refractivity contribution >= 4 is 41.5 Å². The van der Waals surface area contributed by atoms with Crippen LogP contribution in [0.5, 0.6) is 0 Å². The Bertz CT molecular complexity index is 1640. The molecular formula is C36H46N4O10S. The minimum Gasteiger partial charge on any atom is -0.478 e. The number of hydrogen-bond acceptors (Lipinski definition) is 11. The Morgan fingerprint density at radius 3 is 2.51 bits per heavy atom. The Balaban J connectivity index is 1.36. The van der Waals surface area contributed by atoms with E-state index in [2.05, 4.69) is 17.2 Å². The quantitative estimate of drug-likeness (QED) is 0.0876. The molecule has 0 radical (unpaired) electrons. The number of nitrogens with one attached hydrogen (secondary N) is 2.